The van der Waals surface area contributed by atoms with E-state index in [1.54, 1.807) is 17.8 Å². The number of carbonyl (C=O) groups excluding carboxylic acids is 1. The number of nitrogens with zero attached hydrogens (tertiary/aromatic N) is 5. The van der Waals surface area contributed by atoms with E-state index in [-0.39, 0.29) is 12.2 Å². The van der Waals surface area contributed by atoms with Gasteiger partial charge in [-0.1, -0.05) is 5.21 Å². The maximum atomic E-state index is 11.7. The Bertz CT molecular complexity index is 589. The minimum atomic E-state index is -0.490. The molecule has 0 aliphatic heterocycles. The Hall–Kier alpha value is -2.22. The van der Waals surface area contributed by atoms with Crippen LogP contribution < -0.4 is 5.73 Å². The Kier molecular flexibility index (Phi) is 4.46. The molecule has 0 aromatic carbocycles. The van der Waals surface area contributed by atoms with Crippen molar-refractivity contribution in [2.24, 2.45) is 12.8 Å². The number of aryl methyl sites for hydroxylation is 3. The van der Waals surface area contributed by atoms with Gasteiger partial charge in [0.2, 0.25) is 0 Å². The molecule has 0 saturated carbocycles. The van der Waals surface area contributed by atoms with Crippen LogP contribution in [0.15, 0.2) is 12.4 Å². The number of carbonyl (C=O) groups is 1. The van der Waals surface area contributed by atoms with Crippen LogP contribution in [0.1, 0.15) is 28.9 Å². The molecular weight excluding hydrogens is 260 g/mol. The monoisotopic (exact) mass is 278 g/mol. The predicted octanol–water partition coefficient (Wildman–Crippen LogP) is -0.110. The van der Waals surface area contributed by atoms with Crippen molar-refractivity contribution in [3.05, 3.63) is 29.6 Å². The molecule has 0 atom stereocenters. The van der Waals surface area contributed by atoms with Crippen molar-refractivity contribution >= 4 is 5.97 Å². The van der Waals surface area contributed by atoms with Gasteiger partial charge in [0.25, 0.3) is 0 Å². The molecule has 8 nitrogen and oxygen atoms in total. The second-order valence-electron chi connectivity index (χ2n) is 4.24. The van der Waals surface area contributed by atoms with Gasteiger partial charge in [-0.05, 0) is 6.92 Å². The molecule has 2 aromatic rings. The molecule has 2 N–H and O–H groups in total. The minimum absolute atomic E-state index is 0.182. The average Bonchev–Trinajstić information content (AvgIpc) is 3.02. The summed E-state index contributed by atoms with van der Waals surface area (Å²) in [4.78, 5) is 16.0. The van der Waals surface area contributed by atoms with E-state index in [9.17, 15) is 4.79 Å². The first kappa shape index (κ1) is 14.2. The maximum Gasteiger partial charge on any atom is 0.360 e. The van der Waals surface area contributed by atoms with Crippen molar-refractivity contribution in [2.45, 2.75) is 26.4 Å². The standard InChI is InChI=1S/C12H18N6O2/c1-3-20-12(19)11-9(8-13)18(16-15-11)6-4-10-14-5-7-17(10)2/h5,7H,3-4,6,8,13H2,1-2H3. The predicted molar refractivity (Wildman–Crippen MR) is 70.8 cm³/mol. The third-order valence-electron chi connectivity index (χ3n) is 2.97. The smallest absolute Gasteiger partial charge is 0.360 e. The zero-order valence-electron chi connectivity index (χ0n) is 11.6. The zero-order valence-corrected chi connectivity index (χ0v) is 11.6. The van der Waals surface area contributed by atoms with Crippen LogP contribution in [0.4, 0.5) is 0 Å². The van der Waals surface area contributed by atoms with Gasteiger partial charge in [0.1, 0.15) is 5.82 Å². The van der Waals surface area contributed by atoms with Gasteiger partial charge in [0.15, 0.2) is 5.69 Å². The van der Waals surface area contributed by atoms with E-state index >= 15 is 0 Å². The largest absolute Gasteiger partial charge is 0.461 e. The molecule has 8 heteroatoms. The lowest BCUT2D eigenvalue weighted by atomic mass is 10.3. The Morgan fingerprint density at radius 2 is 2.30 bits per heavy atom. The Balaban J connectivity index is 2.12. The Morgan fingerprint density at radius 3 is 2.90 bits per heavy atom. The first-order valence-electron chi connectivity index (χ1n) is 6.43. The molecule has 2 aromatic heterocycles. The van der Waals surface area contributed by atoms with Gasteiger partial charge in [-0.25, -0.2) is 14.5 Å². The SMILES string of the molecule is CCOC(=O)c1nnn(CCc2nccn2C)c1CN. The quantitative estimate of drug-likeness (QED) is 0.740. The van der Waals surface area contributed by atoms with Crippen LogP contribution in [0, 0.1) is 0 Å². The van der Waals surface area contributed by atoms with Crippen molar-refractivity contribution in [3.63, 3.8) is 0 Å². The maximum absolute atomic E-state index is 11.7. The van der Waals surface area contributed by atoms with Crippen molar-refractivity contribution in [1.82, 2.24) is 24.5 Å². The van der Waals surface area contributed by atoms with Crippen LogP contribution in [0.2, 0.25) is 0 Å². The molecule has 0 saturated heterocycles. The second-order valence-corrected chi connectivity index (χ2v) is 4.24. The third kappa shape index (κ3) is 2.85. The fourth-order valence-corrected chi connectivity index (χ4v) is 1.92. The van der Waals surface area contributed by atoms with E-state index < -0.39 is 5.97 Å². The van der Waals surface area contributed by atoms with Gasteiger partial charge in [-0.3, -0.25) is 0 Å². The molecule has 20 heavy (non-hydrogen) atoms. The molecule has 0 aliphatic carbocycles. The van der Waals surface area contributed by atoms with Gasteiger partial charge in [-0.15, -0.1) is 5.10 Å². The van der Waals surface area contributed by atoms with Crippen molar-refractivity contribution < 1.29 is 9.53 Å². The number of hydrogen-bond donors (Lipinski definition) is 1. The van der Waals surface area contributed by atoms with Crippen LogP contribution in [-0.2, 0) is 31.3 Å². The van der Waals surface area contributed by atoms with Crippen LogP contribution in [-0.4, -0.2) is 37.1 Å². The summed E-state index contributed by atoms with van der Waals surface area (Å²) in [5.74, 6) is 0.442. The van der Waals surface area contributed by atoms with Gasteiger partial charge < -0.3 is 15.0 Å². The van der Waals surface area contributed by atoms with Gasteiger partial charge >= 0.3 is 5.97 Å². The number of hydrogen-bond acceptors (Lipinski definition) is 6. The third-order valence-corrected chi connectivity index (χ3v) is 2.97. The number of nitrogens with two attached hydrogens (primary N) is 1. The lowest BCUT2D eigenvalue weighted by Crippen LogP contribution is -2.15. The molecular formula is C12H18N6O2. The van der Waals surface area contributed by atoms with E-state index in [0.717, 1.165) is 5.82 Å². The summed E-state index contributed by atoms with van der Waals surface area (Å²) in [6.07, 6.45) is 4.30. The fraction of sp³-hybridized carbons (Fsp3) is 0.500. The van der Waals surface area contributed by atoms with Gasteiger partial charge in [-0.2, -0.15) is 0 Å². The first-order chi connectivity index (χ1) is 9.67. The van der Waals surface area contributed by atoms with E-state index in [1.165, 1.54) is 0 Å². The van der Waals surface area contributed by atoms with Crippen LogP contribution in [0.5, 0.6) is 0 Å². The van der Waals surface area contributed by atoms with Crippen LogP contribution in [0.3, 0.4) is 0 Å². The number of rotatable bonds is 6. The molecule has 2 rings (SSSR count). The van der Waals surface area contributed by atoms with Crippen molar-refractivity contribution in [1.29, 1.82) is 0 Å². The number of aromatic nitrogens is 5. The second kappa shape index (κ2) is 6.29. The molecule has 0 fully saturated rings. The molecule has 2 heterocycles. The van der Waals surface area contributed by atoms with Gasteiger partial charge in [0, 0.05) is 32.4 Å². The molecule has 0 unspecified atom stereocenters. The first-order valence-corrected chi connectivity index (χ1v) is 6.43. The average molecular weight is 278 g/mol. The summed E-state index contributed by atoms with van der Waals surface area (Å²) in [5.41, 5.74) is 6.45. The van der Waals surface area contributed by atoms with Crippen LogP contribution in [0.25, 0.3) is 0 Å². The molecule has 0 amide bonds. The van der Waals surface area contributed by atoms with E-state index in [4.69, 9.17) is 10.5 Å². The normalized spacial score (nSPS) is 10.8. The number of esters is 1. The van der Waals surface area contributed by atoms with Gasteiger partial charge in [0.05, 0.1) is 18.8 Å². The minimum Gasteiger partial charge on any atom is -0.461 e. The zero-order chi connectivity index (χ0) is 14.5. The fourth-order valence-electron chi connectivity index (χ4n) is 1.92. The summed E-state index contributed by atoms with van der Waals surface area (Å²) < 4.78 is 8.49. The summed E-state index contributed by atoms with van der Waals surface area (Å²) in [6, 6.07) is 0. The Morgan fingerprint density at radius 1 is 1.50 bits per heavy atom. The summed E-state index contributed by atoms with van der Waals surface area (Å²) in [7, 11) is 1.93. The van der Waals surface area contributed by atoms with Crippen molar-refractivity contribution in [2.75, 3.05) is 6.61 Å². The van der Waals surface area contributed by atoms with Crippen LogP contribution >= 0.6 is 0 Å². The highest BCUT2D eigenvalue weighted by Gasteiger charge is 2.19. The highest BCUT2D eigenvalue weighted by molar-refractivity contribution is 5.88. The number of imidazole rings is 1. The van der Waals surface area contributed by atoms with Crippen molar-refractivity contribution in [3.8, 4) is 0 Å². The highest BCUT2D eigenvalue weighted by Crippen LogP contribution is 2.08. The van der Waals surface area contributed by atoms with E-state index in [0.29, 0.717) is 25.3 Å². The molecule has 0 spiro atoms. The Labute approximate surface area is 116 Å². The van der Waals surface area contributed by atoms with E-state index in [2.05, 4.69) is 15.3 Å². The molecule has 0 aliphatic rings. The summed E-state index contributed by atoms with van der Waals surface area (Å²) >= 11 is 0. The lowest BCUT2D eigenvalue weighted by molar-refractivity contribution is 0.0518. The van der Waals surface area contributed by atoms with E-state index in [1.807, 2.05) is 17.8 Å². The summed E-state index contributed by atoms with van der Waals surface area (Å²) in [5, 5.41) is 7.83. The topological polar surface area (TPSA) is 101 Å². The lowest BCUT2D eigenvalue weighted by Gasteiger charge is -2.06. The highest BCUT2D eigenvalue weighted by atomic mass is 16.5. The molecule has 108 valence electrons. The molecule has 0 radical (unpaired) electrons. The summed E-state index contributed by atoms with van der Waals surface area (Å²) in [6.45, 7) is 2.78. The molecule has 0 bridgehead atoms. The number of ether oxygens (including phenoxy) is 1.